The van der Waals surface area contributed by atoms with E-state index >= 15 is 0 Å². The highest BCUT2D eigenvalue weighted by Crippen LogP contribution is 2.28. The van der Waals surface area contributed by atoms with E-state index in [0.29, 0.717) is 0 Å². The van der Waals surface area contributed by atoms with Crippen molar-refractivity contribution in [2.24, 2.45) is 0 Å². The first kappa shape index (κ1) is 15.2. The highest BCUT2D eigenvalue weighted by molar-refractivity contribution is 9.10. The van der Waals surface area contributed by atoms with Crippen LogP contribution in [0.2, 0.25) is 0 Å². The summed E-state index contributed by atoms with van der Waals surface area (Å²) in [6.07, 6.45) is 0. The molecule has 6 heteroatoms. The van der Waals surface area contributed by atoms with Gasteiger partial charge in [0.1, 0.15) is 4.47 Å². The third-order valence-corrected chi connectivity index (χ3v) is 3.90. The summed E-state index contributed by atoms with van der Waals surface area (Å²) < 4.78 is 0.188. The van der Waals surface area contributed by atoms with Crippen molar-refractivity contribution in [1.29, 1.82) is 0 Å². The van der Waals surface area contributed by atoms with Gasteiger partial charge in [0, 0.05) is 6.07 Å². The van der Waals surface area contributed by atoms with Crippen molar-refractivity contribution < 1.29 is 9.72 Å². The summed E-state index contributed by atoms with van der Waals surface area (Å²) in [5.74, 6) is -0.359. The van der Waals surface area contributed by atoms with Crippen LogP contribution in [0, 0.1) is 10.1 Å². The lowest BCUT2D eigenvalue weighted by atomic mass is 10.1. The number of rotatable bonds is 4. The molecule has 2 aromatic carbocycles. The molecule has 2 rings (SSSR count). The predicted molar refractivity (Wildman–Crippen MR) is 83.1 cm³/mol. The summed E-state index contributed by atoms with van der Waals surface area (Å²) in [6.45, 7) is 1.86. The largest absolute Gasteiger partial charge is 0.345 e. The number of amides is 1. The van der Waals surface area contributed by atoms with Gasteiger partial charge in [-0.2, -0.15) is 0 Å². The zero-order valence-electron chi connectivity index (χ0n) is 11.2. The Morgan fingerprint density at radius 3 is 2.48 bits per heavy atom. The summed E-state index contributed by atoms with van der Waals surface area (Å²) >= 11 is 3.13. The molecule has 0 aliphatic carbocycles. The molecule has 0 saturated heterocycles. The van der Waals surface area contributed by atoms with E-state index in [9.17, 15) is 14.9 Å². The Bertz CT molecular complexity index is 674. The van der Waals surface area contributed by atoms with Gasteiger partial charge >= 0.3 is 0 Å². The molecule has 0 radical (unpaired) electrons. The van der Waals surface area contributed by atoms with Crippen molar-refractivity contribution in [2.75, 3.05) is 0 Å². The minimum atomic E-state index is -0.526. The number of hydrogen-bond donors (Lipinski definition) is 1. The van der Waals surface area contributed by atoms with Gasteiger partial charge in [0.2, 0.25) is 0 Å². The zero-order chi connectivity index (χ0) is 15.4. The SMILES string of the molecule is CC(NC(=O)c1cccc([N+](=O)[O-])c1Br)c1ccccc1. The highest BCUT2D eigenvalue weighted by Gasteiger charge is 2.20. The lowest BCUT2D eigenvalue weighted by Crippen LogP contribution is -2.27. The van der Waals surface area contributed by atoms with Crippen molar-refractivity contribution >= 4 is 27.5 Å². The molecular formula is C15H13BrN2O3. The maximum absolute atomic E-state index is 12.3. The minimum Gasteiger partial charge on any atom is -0.345 e. The van der Waals surface area contributed by atoms with E-state index in [0.717, 1.165) is 5.56 Å². The number of hydrogen-bond acceptors (Lipinski definition) is 3. The lowest BCUT2D eigenvalue weighted by Gasteiger charge is -2.14. The Labute approximate surface area is 130 Å². The zero-order valence-corrected chi connectivity index (χ0v) is 12.8. The van der Waals surface area contributed by atoms with E-state index in [4.69, 9.17) is 0 Å². The number of carbonyl (C=O) groups is 1. The molecular weight excluding hydrogens is 336 g/mol. The Balaban J connectivity index is 2.22. The average Bonchev–Trinajstić information content (AvgIpc) is 2.47. The summed E-state index contributed by atoms with van der Waals surface area (Å²) in [4.78, 5) is 22.6. The van der Waals surface area contributed by atoms with Crippen LogP contribution in [0.4, 0.5) is 5.69 Å². The predicted octanol–water partition coefficient (Wildman–Crippen LogP) is 3.85. The van der Waals surface area contributed by atoms with Crippen LogP contribution < -0.4 is 5.32 Å². The first-order valence-electron chi connectivity index (χ1n) is 6.29. The van der Waals surface area contributed by atoms with Gasteiger partial charge in [0.25, 0.3) is 11.6 Å². The molecule has 0 bridgehead atoms. The van der Waals surface area contributed by atoms with Gasteiger partial charge in [-0.05, 0) is 34.5 Å². The van der Waals surface area contributed by atoms with Crippen molar-refractivity contribution in [3.8, 4) is 0 Å². The quantitative estimate of drug-likeness (QED) is 0.673. The Morgan fingerprint density at radius 2 is 1.86 bits per heavy atom. The number of carbonyl (C=O) groups excluding carboxylic acids is 1. The number of nitrogens with one attached hydrogen (secondary N) is 1. The van der Waals surface area contributed by atoms with E-state index < -0.39 is 4.92 Å². The summed E-state index contributed by atoms with van der Waals surface area (Å²) in [5, 5.41) is 13.7. The second-order valence-corrected chi connectivity index (χ2v) is 5.29. The second kappa shape index (κ2) is 6.49. The van der Waals surface area contributed by atoms with Gasteiger partial charge in [0.05, 0.1) is 16.5 Å². The molecule has 2 aromatic rings. The van der Waals surface area contributed by atoms with Crippen LogP contribution in [0.5, 0.6) is 0 Å². The number of benzene rings is 2. The lowest BCUT2D eigenvalue weighted by molar-refractivity contribution is -0.385. The van der Waals surface area contributed by atoms with Gasteiger partial charge in [-0.3, -0.25) is 14.9 Å². The minimum absolute atomic E-state index is 0.130. The molecule has 0 fully saturated rings. The Morgan fingerprint density at radius 1 is 1.19 bits per heavy atom. The van der Waals surface area contributed by atoms with Gasteiger partial charge in [-0.25, -0.2) is 0 Å². The van der Waals surface area contributed by atoms with Crippen LogP contribution in [0.25, 0.3) is 0 Å². The standard InChI is InChI=1S/C15H13BrN2O3/c1-10(11-6-3-2-4-7-11)17-15(19)12-8-5-9-13(14(12)16)18(20)21/h2-10H,1H3,(H,17,19). The van der Waals surface area contributed by atoms with Crippen LogP contribution in [-0.4, -0.2) is 10.8 Å². The molecule has 1 amide bonds. The van der Waals surface area contributed by atoms with Crippen molar-refractivity contribution in [3.05, 3.63) is 74.2 Å². The number of nitrogens with zero attached hydrogens (tertiary/aromatic N) is 1. The maximum Gasteiger partial charge on any atom is 0.284 e. The molecule has 1 atom stereocenters. The summed E-state index contributed by atoms with van der Waals surface area (Å²) in [5.41, 5.74) is 1.08. The van der Waals surface area contributed by atoms with Gasteiger partial charge in [0.15, 0.2) is 0 Å². The van der Waals surface area contributed by atoms with Crippen LogP contribution in [0.3, 0.4) is 0 Å². The molecule has 1 unspecified atom stereocenters. The fourth-order valence-corrected chi connectivity index (χ4v) is 2.52. The van der Waals surface area contributed by atoms with E-state index in [1.807, 2.05) is 37.3 Å². The van der Waals surface area contributed by atoms with Crippen LogP contribution >= 0.6 is 15.9 Å². The fourth-order valence-electron chi connectivity index (χ4n) is 1.94. The topological polar surface area (TPSA) is 72.2 Å². The third-order valence-electron chi connectivity index (χ3n) is 3.07. The van der Waals surface area contributed by atoms with Crippen molar-refractivity contribution in [1.82, 2.24) is 5.32 Å². The maximum atomic E-state index is 12.3. The molecule has 21 heavy (non-hydrogen) atoms. The van der Waals surface area contributed by atoms with E-state index in [-0.39, 0.29) is 27.7 Å². The van der Waals surface area contributed by atoms with Gasteiger partial charge in [-0.1, -0.05) is 36.4 Å². The molecule has 0 spiro atoms. The molecule has 108 valence electrons. The van der Waals surface area contributed by atoms with Gasteiger partial charge < -0.3 is 5.32 Å². The van der Waals surface area contributed by atoms with E-state index in [1.54, 1.807) is 6.07 Å². The Hall–Kier alpha value is -2.21. The molecule has 0 saturated carbocycles. The summed E-state index contributed by atoms with van der Waals surface area (Å²) in [6, 6.07) is 13.7. The summed E-state index contributed by atoms with van der Waals surface area (Å²) in [7, 11) is 0. The van der Waals surface area contributed by atoms with Crippen LogP contribution in [0.1, 0.15) is 28.9 Å². The molecule has 0 aromatic heterocycles. The molecule has 0 aliphatic rings. The molecule has 0 aliphatic heterocycles. The number of nitro benzene ring substituents is 1. The number of nitro groups is 1. The molecule has 0 heterocycles. The smallest absolute Gasteiger partial charge is 0.284 e. The Kier molecular flexibility index (Phi) is 4.70. The van der Waals surface area contributed by atoms with E-state index in [2.05, 4.69) is 21.2 Å². The first-order valence-corrected chi connectivity index (χ1v) is 7.08. The highest BCUT2D eigenvalue weighted by atomic mass is 79.9. The number of halogens is 1. The fraction of sp³-hybridized carbons (Fsp3) is 0.133. The normalized spacial score (nSPS) is 11.7. The third kappa shape index (κ3) is 3.46. The first-order chi connectivity index (χ1) is 10.0. The van der Waals surface area contributed by atoms with Crippen LogP contribution in [0.15, 0.2) is 53.0 Å². The molecule has 1 N–H and O–H groups in total. The van der Waals surface area contributed by atoms with E-state index in [1.165, 1.54) is 12.1 Å². The van der Waals surface area contributed by atoms with Crippen LogP contribution in [-0.2, 0) is 0 Å². The van der Waals surface area contributed by atoms with Crippen molar-refractivity contribution in [2.45, 2.75) is 13.0 Å². The monoisotopic (exact) mass is 348 g/mol. The van der Waals surface area contributed by atoms with Gasteiger partial charge in [-0.15, -0.1) is 0 Å². The average molecular weight is 349 g/mol. The van der Waals surface area contributed by atoms with Crippen molar-refractivity contribution in [3.63, 3.8) is 0 Å². The second-order valence-electron chi connectivity index (χ2n) is 4.50. The molecule has 5 nitrogen and oxygen atoms in total.